The lowest BCUT2D eigenvalue weighted by molar-refractivity contribution is -0.384. The summed E-state index contributed by atoms with van der Waals surface area (Å²) in [6.45, 7) is 0.0861. The number of para-hydroxylation sites is 2. The quantitative estimate of drug-likeness (QED) is 0.354. The molecule has 7 nitrogen and oxygen atoms in total. The van der Waals surface area contributed by atoms with Gasteiger partial charge in [0.2, 0.25) is 0 Å². The van der Waals surface area contributed by atoms with E-state index in [2.05, 4.69) is 9.50 Å². The number of nitro groups is 1. The van der Waals surface area contributed by atoms with E-state index in [4.69, 9.17) is 0 Å². The zero-order valence-corrected chi connectivity index (χ0v) is 9.94. The summed E-state index contributed by atoms with van der Waals surface area (Å²) >= 11 is 0. The fourth-order valence-electron chi connectivity index (χ4n) is 1.16. The highest BCUT2D eigenvalue weighted by atomic mass is 32.2. The van der Waals surface area contributed by atoms with Crippen LogP contribution in [0.2, 0.25) is 0 Å². The van der Waals surface area contributed by atoms with Crippen LogP contribution in [0.5, 0.6) is 0 Å². The molecule has 0 spiro atoms. The molecule has 0 aliphatic heterocycles. The van der Waals surface area contributed by atoms with Crippen LogP contribution in [0, 0.1) is 10.1 Å². The van der Waals surface area contributed by atoms with Gasteiger partial charge in [-0.2, -0.15) is 8.42 Å². The van der Waals surface area contributed by atoms with Gasteiger partial charge in [0.15, 0.2) is 0 Å². The van der Waals surface area contributed by atoms with E-state index in [1.165, 1.54) is 6.07 Å². The van der Waals surface area contributed by atoms with Gasteiger partial charge in [-0.15, -0.1) is 0 Å². The van der Waals surface area contributed by atoms with Crippen molar-refractivity contribution >= 4 is 21.5 Å². The molecule has 0 atom stereocenters. The number of nitro benzene ring substituents is 1. The molecule has 94 valence electrons. The summed E-state index contributed by atoms with van der Waals surface area (Å²) in [6, 6.07) is 6.10. The fourth-order valence-corrected chi connectivity index (χ4v) is 1.55. The van der Waals surface area contributed by atoms with E-state index < -0.39 is 15.0 Å². The molecular formula is C9H12N2O5S. The molecule has 1 N–H and O–H groups in total. The highest BCUT2D eigenvalue weighted by Gasteiger charge is 2.11. The Morgan fingerprint density at radius 1 is 1.41 bits per heavy atom. The van der Waals surface area contributed by atoms with Crippen molar-refractivity contribution in [2.75, 3.05) is 24.7 Å². The second kappa shape index (κ2) is 5.60. The average molecular weight is 260 g/mol. The third-order valence-corrected chi connectivity index (χ3v) is 2.41. The van der Waals surface area contributed by atoms with E-state index in [1.807, 2.05) is 0 Å². The van der Waals surface area contributed by atoms with E-state index in [1.54, 1.807) is 18.2 Å². The molecule has 8 heteroatoms. The Bertz CT molecular complexity index is 500. The third kappa shape index (κ3) is 4.79. The van der Waals surface area contributed by atoms with Crippen LogP contribution in [0.25, 0.3) is 0 Å². The minimum Gasteiger partial charge on any atom is -0.377 e. The van der Waals surface area contributed by atoms with Crippen molar-refractivity contribution < 1.29 is 17.5 Å². The molecule has 0 aliphatic carbocycles. The molecule has 0 aliphatic rings. The van der Waals surface area contributed by atoms with E-state index >= 15 is 0 Å². The molecule has 0 heterocycles. The molecule has 0 bridgehead atoms. The summed E-state index contributed by atoms with van der Waals surface area (Å²) in [5, 5.41) is 13.4. The maximum Gasteiger partial charge on any atom is 0.292 e. The van der Waals surface area contributed by atoms with Gasteiger partial charge < -0.3 is 5.32 Å². The lowest BCUT2D eigenvalue weighted by atomic mass is 10.2. The van der Waals surface area contributed by atoms with Gasteiger partial charge >= 0.3 is 0 Å². The Balaban J connectivity index is 2.55. The minimum absolute atomic E-state index is 0.0631. The van der Waals surface area contributed by atoms with Crippen LogP contribution < -0.4 is 5.32 Å². The SMILES string of the molecule is CS(=O)(=O)OCCNc1ccccc1[N+](=O)[O-]. The summed E-state index contributed by atoms with van der Waals surface area (Å²) in [5.41, 5.74) is 0.265. The molecule has 0 aromatic heterocycles. The zero-order chi connectivity index (χ0) is 12.9. The number of hydrogen-bond donors (Lipinski definition) is 1. The van der Waals surface area contributed by atoms with Crippen molar-refractivity contribution in [3.63, 3.8) is 0 Å². The highest BCUT2D eigenvalue weighted by Crippen LogP contribution is 2.22. The molecule has 1 aromatic rings. The summed E-state index contributed by atoms with van der Waals surface area (Å²) in [5.74, 6) is 0. The Labute approximate surface area is 98.7 Å². The number of benzene rings is 1. The average Bonchev–Trinajstić information content (AvgIpc) is 2.23. The molecule has 0 fully saturated rings. The summed E-state index contributed by atoms with van der Waals surface area (Å²) in [6.07, 6.45) is 0.942. The first-order valence-corrected chi connectivity index (χ1v) is 6.53. The van der Waals surface area contributed by atoms with Crippen molar-refractivity contribution in [3.8, 4) is 0 Å². The molecule has 0 saturated heterocycles. The Hall–Kier alpha value is -1.67. The van der Waals surface area contributed by atoms with Crippen molar-refractivity contribution in [2.24, 2.45) is 0 Å². The predicted octanol–water partition coefficient (Wildman–Crippen LogP) is 0.983. The van der Waals surface area contributed by atoms with E-state index in [0.717, 1.165) is 6.26 Å². The molecule has 17 heavy (non-hydrogen) atoms. The van der Waals surface area contributed by atoms with Gasteiger partial charge in [0.05, 0.1) is 17.8 Å². The maximum atomic E-state index is 10.7. The molecule has 1 rings (SSSR count). The Morgan fingerprint density at radius 2 is 2.06 bits per heavy atom. The molecule has 0 unspecified atom stereocenters. The summed E-state index contributed by atoms with van der Waals surface area (Å²) in [7, 11) is -3.48. The highest BCUT2D eigenvalue weighted by molar-refractivity contribution is 7.85. The Kier molecular flexibility index (Phi) is 4.41. The first-order valence-electron chi connectivity index (χ1n) is 4.72. The van der Waals surface area contributed by atoms with Crippen LogP contribution in [0.1, 0.15) is 0 Å². The van der Waals surface area contributed by atoms with Crippen LogP contribution in [0.15, 0.2) is 24.3 Å². The number of rotatable bonds is 6. The molecular weight excluding hydrogens is 248 g/mol. The first-order chi connectivity index (χ1) is 7.90. The normalized spacial score (nSPS) is 11.1. The van der Waals surface area contributed by atoms with Gasteiger partial charge in [-0.3, -0.25) is 14.3 Å². The lowest BCUT2D eigenvalue weighted by Crippen LogP contribution is -2.13. The van der Waals surface area contributed by atoms with Gasteiger partial charge in [0.25, 0.3) is 15.8 Å². The molecule has 0 amide bonds. The van der Waals surface area contributed by atoms with E-state index in [9.17, 15) is 18.5 Å². The number of nitrogens with zero attached hydrogens (tertiary/aromatic N) is 1. The van der Waals surface area contributed by atoms with Crippen LogP contribution in [0.4, 0.5) is 11.4 Å². The van der Waals surface area contributed by atoms with Crippen molar-refractivity contribution in [1.29, 1.82) is 0 Å². The smallest absolute Gasteiger partial charge is 0.292 e. The summed E-state index contributed by atoms with van der Waals surface area (Å²) < 4.78 is 25.8. The Morgan fingerprint density at radius 3 is 2.65 bits per heavy atom. The van der Waals surface area contributed by atoms with Gasteiger partial charge in [-0.1, -0.05) is 12.1 Å². The van der Waals surface area contributed by atoms with Crippen molar-refractivity contribution in [3.05, 3.63) is 34.4 Å². The lowest BCUT2D eigenvalue weighted by Gasteiger charge is -2.06. The van der Waals surface area contributed by atoms with Crippen molar-refractivity contribution in [2.45, 2.75) is 0 Å². The van der Waals surface area contributed by atoms with Gasteiger partial charge in [-0.25, -0.2) is 0 Å². The summed E-state index contributed by atoms with van der Waals surface area (Å²) in [4.78, 5) is 10.1. The van der Waals surface area contributed by atoms with Crippen LogP contribution in [0.3, 0.4) is 0 Å². The van der Waals surface area contributed by atoms with E-state index in [0.29, 0.717) is 5.69 Å². The van der Waals surface area contributed by atoms with Crippen LogP contribution >= 0.6 is 0 Å². The van der Waals surface area contributed by atoms with Gasteiger partial charge in [-0.05, 0) is 6.07 Å². The van der Waals surface area contributed by atoms with Crippen molar-refractivity contribution in [1.82, 2.24) is 0 Å². The molecule has 1 aromatic carbocycles. The maximum absolute atomic E-state index is 10.7. The second-order valence-corrected chi connectivity index (χ2v) is 4.87. The fraction of sp³-hybridized carbons (Fsp3) is 0.333. The largest absolute Gasteiger partial charge is 0.377 e. The van der Waals surface area contributed by atoms with Crippen LogP contribution in [-0.4, -0.2) is 32.7 Å². The second-order valence-electron chi connectivity index (χ2n) is 3.23. The predicted molar refractivity (Wildman–Crippen MR) is 62.4 cm³/mol. The minimum atomic E-state index is -3.48. The van der Waals surface area contributed by atoms with E-state index in [-0.39, 0.29) is 18.8 Å². The topological polar surface area (TPSA) is 98.5 Å². The standard InChI is InChI=1S/C9H12N2O5S/c1-17(14,15)16-7-6-10-8-4-2-3-5-9(8)11(12)13/h2-5,10H,6-7H2,1H3. The molecule has 0 radical (unpaired) electrons. The van der Waals surface area contributed by atoms with Gasteiger partial charge in [0, 0.05) is 12.6 Å². The zero-order valence-electron chi connectivity index (χ0n) is 9.12. The third-order valence-electron chi connectivity index (χ3n) is 1.82. The number of hydrogen-bond acceptors (Lipinski definition) is 6. The first kappa shape index (κ1) is 13.4. The monoisotopic (exact) mass is 260 g/mol. The van der Waals surface area contributed by atoms with Gasteiger partial charge in [0.1, 0.15) is 5.69 Å². The molecule has 0 saturated carbocycles. The number of nitrogens with one attached hydrogen (secondary N) is 1. The number of anilines is 1. The van der Waals surface area contributed by atoms with Crippen LogP contribution in [-0.2, 0) is 14.3 Å².